The number of hydrogen-bond acceptors (Lipinski definition) is 0. The van der Waals surface area contributed by atoms with Crippen molar-refractivity contribution < 1.29 is 4.39 Å². The fourth-order valence-corrected chi connectivity index (χ4v) is 3.03. The van der Waals surface area contributed by atoms with Gasteiger partial charge in [0.25, 0.3) is 0 Å². The maximum absolute atomic E-state index is 13.5. The van der Waals surface area contributed by atoms with Gasteiger partial charge in [-0.2, -0.15) is 0 Å². The molecule has 1 atom stereocenters. The van der Waals surface area contributed by atoms with Gasteiger partial charge in [0.15, 0.2) is 0 Å². The predicted octanol–water partition coefficient (Wildman–Crippen LogP) is 5.88. The molecule has 0 saturated heterocycles. The third kappa shape index (κ3) is 3.97. The molecule has 0 bridgehead atoms. The fraction of sp³-hybridized carbons (Fsp3) is 0.250. The maximum Gasteiger partial charge on any atom is 0.137 e. The van der Waals surface area contributed by atoms with Gasteiger partial charge in [-0.1, -0.05) is 41.9 Å². The summed E-state index contributed by atoms with van der Waals surface area (Å²) >= 11 is 15.5. The standard InChI is InChI=1S/C16H14BrCl2F/c17-16-13(5-3-7-15(16)20)9-11(10-18)8-12-4-1-2-6-14(12)19/h1-7,11H,8-10H2. The normalized spacial score (nSPS) is 12.4. The van der Waals surface area contributed by atoms with Crippen molar-refractivity contribution in [2.75, 3.05) is 5.88 Å². The van der Waals surface area contributed by atoms with Crippen molar-refractivity contribution >= 4 is 39.1 Å². The minimum Gasteiger partial charge on any atom is -0.206 e. The quantitative estimate of drug-likeness (QED) is 0.572. The Balaban J connectivity index is 2.14. The lowest BCUT2D eigenvalue weighted by molar-refractivity contribution is 0.573. The molecule has 0 aliphatic rings. The van der Waals surface area contributed by atoms with Crippen LogP contribution in [0, 0.1) is 11.7 Å². The summed E-state index contributed by atoms with van der Waals surface area (Å²) < 4.78 is 14.0. The molecule has 0 aliphatic carbocycles. The molecule has 0 nitrogen and oxygen atoms in total. The van der Waals surface area contributed by atoms with E-state index >= 15 is 0 Å². The van der Waals surface area contributed by atoms with Gasteiger partial charge in [-0.05, 0) is 57.9 Å². The molecular formula is C16H14BrCl2F. The molecule has 4 heteroatoms. The molecule has 0 aliphatic heterocycles. The lowest BCUT2D eigenvalue weighted by atomic mass is 9.94. The monoisotopic (exact) mass is 374 g/mol. The average Bonchev–Trinajstić information content (AvgIpc) is 2.45. The largest absolute Gasteiger partial charge is 0.206 e. The van der Waals surface area contributed by atoms with Crippen LogP contribution in [0.15, 0.2) is 46.9 Å². The lowest BCUT2D eigenvalue weighted by Crippen LogP contribution is -2.11. The number of rotatable bonds is 5. The summed E-state index contributed by atoms with van der Waals surface area (Å²) in [5, 5.41) is 0.751. The summed E-state index contributed by atoms with van der Waals surface area (Å²) in [6, 6.07) is 12.8. The van der Waals surface area contributed by atoms with Gasteiger partial charge >= 0.3 is 0 Å². The first-order valence-electron chi connectivity index (χ1n) is 6.34. The van der Waals surface area contributed by atoms with Crippen molar-refractivity contribution in [3.8, 4) is 0 Å². The predicted molar refractivity (Wildman–Crippen MR) is 87.2 cm³/mol. The van der Waals surface area contributed by atoms with Crippen molar-refractivity contribution in [2.24, 2.45) is 5.92 Å². The second-order valence-corrected chi connectivity index (χ2v) is 6.24. The van der Waals surface area contributed by atoms with Crippen LogP contribution in [0.5, 0.6) is 0 Å². The molecule has 0 fully saturated rings. The summed E-state index contributed by atoms with van der Waals surface area (Å²) in [5.74, 6) is 0.483. The third-order valence-electron chi connectivity index (χ3n) is 3.22. The first kappa shape index (κ1) is 15.8. The van der Waals surface area contributed by atoms with Gasteiger partial charge in [0.05, 0.1) is 4.47 Å². The average molecular weight is 376 g/mol. The molecule has 0 saturated carbocycles. The van der Waals surface area contributed by atoms with Crippen LogP contribution in [0.4, 0.5) is 4.39 Å². The van der Waals surface area contributed by atoms with Gasteiger partial charge in [-0.15, -0.1) is 11.6 Å². The summed E-state index contributed by atoms with van der Waals surface area (Å²) in [7, 11) is 0. The van der Waals surface area contributed by atoms with E-state index in [1.165, 1.54) is 6.07 Å². The molecule has 2 aromatic rings. The van der Waals surface area contributed by atoms with Crippen LogP contribution in [0.2, 0.25) is 5.02 Å². The third-order valence-corrected chi connectivity index (χ3v) is 4.92. The van der Waals surface area contributed by atoms with E-state index in [9.17, 15) is 4.39 Å². The van der Waals surface area contributed by atoms with Crippen LogP contribution in [-0.2, 0) is 12.8 Å². The van der Waals surface area contributed by atoms with Crippen molar-refractivity contribution in [3.05, 3.63) is 68.9 Å². The van der Waals surface area contributed by atoms with Gasteiger partial charge in [0.1, 0.15) is 5.82 Å². The molecular weight excluding hydrogens is 362 g/mol. The van der Waals surface area contributed by atoms with Crippen LogP contribution in [0.3, 0.4) is 0 Å². The molecule has 2 aromatic carbocycles. The Morgan fingerprint density at radius 1 is 1.00 bits per heavy atom. The van der Waals surface area contributed by atoms with Gasteiger partial charge in [0.2, 0.25) is 0 Å². The molecule has 0 spiro atoms. The molecule has 106 valence electrons. The van der Waals surface area contributed by atoms with Crippen molar-refractivity contribution in [2.45, 2.75) is 12.8 Å². The smallest absolute Gasteiger partial charge is 0.137 e. The molecule has 2 rings (SSSR count). The Kier molecular flexibility index (Phi) is 5.88. The molecule has 20 heavy (non-hydrogen) atoms. The topological polar surface area (TPSA) is 0 Å². The zero-order valence-electron chi connectivity index (χ0n) is 10.8. The number of alkyl halides is 1. The molecule has 1 unspecified atom stereocenters. The zero-order valence-corrected chi connectivity index (χ0v) is 13.8. The second-order valence-electron chi connectivity index (χ2n) is 4.73. The Bertz CT molecular complexity index is 586. The molecule has 0 radical (unpaired) electrons. The molecule has 0 amide bonds. The van der Waals surface area contributed by atoms with Crippen LogP contribution < -0.4 is 0 Å². The zero-order chi connectivity index (χ0) is 14.5. The Hall–Kier alpha value is -0.570. The van der Waals surface area contributed by atoms with Crippen molar-refractivity contribution in [1.29, 1.82) is 0 Å². The highest BCUT2D eigenvalue weighted by molar-refractivity contribution is 9.10. The number of benzene rings is 2. The van der Waals surface area contributed by atoms with E-state index in [0.717, 1.165) is 22.6 Å². The van der Waals surface area contributed by atoms with E-state index in [4.69, 9.17) is 23.2 Å². The van der Waals surface area contributed by atoms with Crippen LogP contribution in [-0.4, -0.2) is 5.88 Å². The Morgan fingerprint density at radius 2 is 1.65 bits per heavy atom. The van der Waals surface area contributed by atoms with Gasteiger partial charge in [-0.25, -0.2) is 4.39 Å². The Morgan fingerprint density at radius 3 is 2.35 bits per heavy atom. The van der Waals surface area contributed by atoms with Gasteiger partial charge in [0, 0.05) is 10.9 Å². The highest BCUT2D eigenvalue weighted by Crippen LogP contribution is 2.26. The van der Waals surface area contributed by atoms with Crippen molar-refractivity contribution in [3.63, 3.8) is 0 Å². The first-order chi connectivity index (χ1) is 9.61. The maximum atomic E-state index is 13.5. The minimum absolute atomic E-state index is 0.217. The highest BCUT2D eigenvalue weighted by atomic mass is 79.9. The van der Waals surface area contributed by atoms with E-state index in [1.807, 2.05) is 30.3 Å². The summed E-state index contributed by atoms with van der Waals surface area (Å²) in [4.78, 5) is 0. The molecule has 0 heterocycles. The van der Waals surface area contributed by atoms with Crippen molar-refractivity contribution in [1.82, 2.24) is 0 Å². The van der Waals surface area contributed by atoms with E-state index in [2.05, 4.69) is 15.9 Å². The van der Waals surface area contributed by atoms with Gasteiger partial charge in [-0.3, -0.25) is 0 Å². The molecule has 0 aromatic heterocycles. The van der Waals surface area contributed by atoms with Crippen LogP contribution in [0.25, 0.3) is 0 Å². The van der Waals surface area contributed by atoms with E-state index in [1.54, 1.807) is 6.07 Å². The minimum atomic E-state index is -0.242. The van der Waals surface area contributed by atoms with E-state index < -0.39 is 0 Å². The van der Waals surface area contributed by atoms with E-state index in [-0.39, 0.29) is 11.7 Å². The SMILES string of the molecule is Fc1cccc(CC(CCl)Cc2ccccc2Cl)c1Br. The van der Waals surface area contributed by atoms with E-state index in [0.29, 0.717) is 16.8 Å². The fourth-order valence-electron chi connectivity index (χ4n) is 2.17. The van der Waals surface area contributed by atoms with Gasteiger partial charge < -0.3 is 0 Å². The number of halogens is 4. The number of hydrogen-bond donors (Lipinski definition) is 0. The lowest BCUT2D eigenvalue weighted by Gasteiger charge is -2.16. The second kappa shape index (κ2) is 7.44. The summed E-state index contributed by atoms with van der Waals surface area (Å²) in [6.45, 7) is 0. The highest BCUT2D eigenvalue weighted by Gasteiger charge is 2.14. The Labute approximate surface area is 137 Å². The molecule has 0 N–H and O–H groups in total. The van der Waals surface area contributed by atoms with Crippen LogP contribution >= 0.6 is 39.1 Å². The summed E-state index contributed by atoms with van der Waals surface area (Å²) in [6.07, 6.45) is 1.50. The van der Waals surface area contributed by atoms with Crippen LogP contribution in [0.1, 0.15) is 11.1 Å². The first-order valence-corrected chi connectivity index (χ1v) is 8.04. The summed E-state index contributed by atoms with van der Waals surface area (Å²) in [5.41, 5.74) is 2.01.